The number of carbonyl (C=O) groups is 2. The van der Waals surface area contributed by atoms with Crippen molar-refractivity contribution in [2.75, 3.05) is 25.7 Å². The molecule has 136 valence electrons. The summed E-state index contributed by atoms with van der Waals surface area (Å²) in [5, 5.41) is 0. The molecule has 0 radical (unpaired) electrons. The summed E-state index contributed by atoms with van der Waals surface area (Å²) < 4.78 is 9.64. The Bertz CT molecular complexity index is 1010. The molecular formula is C17H18N4O4S. The van der Waals surface area contributed by atoms with Crippen LogP contribution in [0.15, 0.2) is 36.4 Å². The van der Waals surface area contributed by atoms with Crippen LogP contribution in [0.5, 0.6) is 0 Å². The fourth-order valence-electron chi connectivity index (χ4n) is 2.10. The molecule has 3 aromatic rings. The van der Waals surface area contributed by atoms with Crippen LogP contribution in [0.4, 0.5) is 11.4 Å². The van der Waals surface area contributed by atoms with Gasteiger partial charge in [-0.1, -0.05) is 0 Å². The largest absolute Gasteiger partial charge is 0.465 e. The summed E-state index contributed by atoms with van der Waals surface area (Å²) in [6.07, 6.45) is 0. The maximum Gasteiger partial charge on any atom is 0.337 e. The van der Waals surface area contributed by atoms with Gasteiger partial charge in [-0.15, -0.1) is 0 Å². The molecule has 0 aliphatic carbocycles. The molecule has 0 unspecified atom stereocenters. The Morgan fingerprint density at radius 3 is 1.96 bits per heavy atom. The van der Waals surface area contributed by atoms with Gasteiger partial charge in [0.15, 0.2) is 4.77 Å². The quantitative estimate of drug-likeness (QED) is 0.307. The van der Waals surface area contributed by atoms with E-state index in [1.807, 2.05) is 0 Å². The van der Waals surface area contributed by atoms with Crippen LogP contribution in [0.2, 0.25) is 0 Å². The van der Waals surface area contributed by atoms with E-state index in [4.69, 9.17) is 23.7 Å². The molecule has 6 N–H and O–H groups in total. The number of nitrogens with two attached hydrogens (primary N) is 2. The van der Waals surface area contributed by atoms with E-state index in [9.17, 15) is 9.59 Å². The number of nitrogens with one attached hydrogen (secondary N) is 2. The van der Waals surface area contributed by atoms with E-state index in [2.05, 4.69) is 19.4 Å². The van der Waals surface area contributed by atoms with Gasteiger partial charge in [0, 0.05) is 0 Å². The molecule has 0 saturated heterocycles. The summed E-state index contributed by atoms with van der Waals surface area (Å²) in [5.41, 5.74) is 14.4. The minimum absolute atomic E-state index is 0.354. The molecule has 8 nitrogen and oxygen atoms in total. The highest BCUT2D eigenvalue weighted by atomic mass is 32.1. The van der Waals surface area contributed by atoms with Crippen LogP contribution in [0.25, 0.3) is 11.0 Å². The van der Waals surface area contributed by atoms with E-state index in [0.29, 0.717) is 27.3 Å². The Kier molecular flexibility index (Phi) is 5.97. The molecule has 0 amide bonds. The summed E-state index contributed by atoms with van der Waals surface area (Å²) in [6.45, 7) is 0. The predicted molar refractivity (Wildman–Crippen MR) is 101 cm³/mol. The number of benzene rings is 2. The van der Waals surface area contributed by atoms with E-state index >= 15 is 0 Å². The van der Waals surface area contributed by atoms with Crippen LogP contribution >= 0.6 is 12.2 Å². The number of esters is 2. The third-order valence-corrected chi connectivity index (χ3v) is 3.65. The van der Waals surface area contributed by atoms with E-state index < -0.39 is 5.97 Å². The van der Waals surface area contributed by atoms with E-state index in [1.165, 1.54) is 20.3 Å². The molecule has 0 aliphatic rings. The molecule has 1 heterocycles. The zero-order valence-electron chi connectivity index (χ0n) is 14.2. The Labute approximate surface area is 154 Å². The molecule has 3 rings (SSSR count). The average molecular weight is 374 g/mol. The Morgan fingerprint density at radius 2 is 1.38 bits per heavy atom. The molecule has 0 atom stereocenters. The van der Waals surface area contributed by atoms with Crippen molar-refractivity contribution < 1.29 is 19.1 Å². The minimum atomic E-state index is -0.415. The third kappa shape index (κ3) is 4.39. The number of hydrogen-bond donors (Lipinski definition) is 4. The second-order valence-corrected chi connectivity index (χ2v) is 5.57. The topological polar surface area (TPSA) is 136 Å². The predicted octanol–water partition coefficient (Wildman–Crippen LogP) is 2.65. The van der Waals surface area contributed by atoms with E-state index in [0.717, 1.165) is 11.0 Å². The smallest absolute Gasteiger partial charge is 0.337 e. The molecule has 0 bridgehead atoms. The fraction of sp³-hybridized carbons (Fsp3) is 0.118. The van der Waals surface area contributed by atoms with Crippen LogP contribution in [-0.2, 0) is 9.47 Å². The molecular weight excluding hydrogens is 356 g/mol. The van der Waals surface area contributed by atoms with Gasteiger partial charge >= 0.3 is 11.9 Å². The maximum atomic E-state index is 11.2. The molecule has 0 spiro atoms. The molecule has 9 heteroatoms. The lowest BCUT2D eigenvalue weighted by atomic mass is 10.2. The van der Waals surface area contributed by atoms with Crippen molar-refractivity contribution in [1.82, 2.24) is 9.97 Å². The van der Waals surface area contributed by atoms with Gasteiger partial charge in [0.1, 0.15) is 0 Å². The van der Waals surface area contributed by atoms with Crippen molar-refractivity contribution in [3.05, 3.63) is 52.3 Å². The molecule has 0 fully saturated rings. The monoisotopic (exact) mass is 374 g/mol. The van der Waals surface area contributed by atoms with Gasteiger partial charge < -0.3 is 30.9 Å². The van der Waals surface area contributed by atoms with Crippen LogP contribution in [-0.4, -0.2) is 36.1 Å². The van der Waals surface area contributed by atoms with Crippen molar-refractivity contribution in [1.29, 1.82) is 0 Å². The second kappa shape index (κ2) is 8.17. The first-order valence-corrected chi connectivity index (χ1v) is 7.80. The number of imidazole rings is 1. The summed E-state index contributed by atoms with van der Waals surface area (Å²) in [7, 11) is 2.67. The number of H-pyrrole nitrogens is 2. The number of methoxy groups -OCH3 is 2. The second-order valence-electron chi connectivity index (χ2n) is 5.17. The summed E-state index contributed by atoms with van der Waals surface area (Å²) in [4.78, 5) is 28.0. The summed E-state index contributed by atoms with van der Waals surface area (Å²) >= 11 is 4.92. The molecule has 0 saturated carbocycles. The number of hydrogen-bond acceptors (Lipinski definition) is 7. The number of ether oxygens (including phenoxy) is 2. The Morgan fingerprint density at radius 1 is 0.846 bits per heavy atom. The zero-order valence-corrected chi connectivity index (χ0v) is 15.0. The summed E-state index contributed by atoms with van der Waals surface area (Å²) in [5.74, 6) is -0.769. The minimum Gasteiger partial charge on any atom is -0.465 e. The number of aromatic amines is 2. The first-order valence-electron chi connectivity index (χ1n) is 7.39. The SMILES string of the molecule is COC(=O)c1ccc(N)c(N)c1.COC(=O)c1ccc2[nH]c(=S)[nH]c2c1. The lowest BCUT2D eigenvalue weighted by Crippen LogP contribution is -2.03. The van der Waals surface area contributed by atoms with Crippen molar-refractivity contribution in [2.45, 2.75) is 0 Å². The Balaban J connectivity index is 0.000000190. The normalized spacial score (nSPS) is 9.92. The fourth-order valence-corrected chi connectivity index (χ4v) is 2.32. The lowest BCUT2D eigenvalue weighted by molar-refractivity contribution is 0.0592. The first-order chi connectivity index (χ1) is 12.3. The molecule has 2 aromatic carbocycles. The standard InChI is InChI=1S/C9H8N2O2S.C8H10N2O2/c1-13-8(12)5-2-3-6-7(4-5)11-9(14)10-6;1-12-8(11)5-2-3-6(9)7(10)4-5/h2-4H,1H3,(H2,10,11,14);2-4H,9-10H2,1H3. The Hall–Kier alpha value is -3.33. The van der Waals surface area contributed by atoms with Gasteiger partial charge in [-0.2, -0.15) is 0 Å². The van der Waals surface area contributed by atoms with Crippen LogP contribution in [0, 0.1) is 4.77 Å². The number of carbonyl (C=O) groups excluding carboxylic acids is 2. The third-order valence-electron chi connectivity index (χ3n) is 3.44. The average Bonchev–Trinajstić information content (AvgIpc) is 3.02. The van der Waals surface area contributed by atoms with Gasteiger partial charge in [0.25, 0.3) is 0 Å². The zero-order chi connectivity index (χ0) is 19.3. The van der Waals surface area contributed by atoms with Crippen LogP contribution in [0.1, 0.15) is 20.7 Å². The van der Waals surface area contributed by atoms with Crippen LogP contribution < -0.4 is 11.5 Å². The van der Waals surface area contributed by atoms with Crippen molar-refractivity contribution in [3.8, 4) is 0 Å². The number of rotatable bonds is 2. The lowest BCUT2D eigenvalue weighted by Gasteiger charge is -2.02. The number of fused-ring (bicyclic) bond motifs is 1. The van der Waals surface area contributed by atoms with Crippen LogP contribution in [0.3, 0.4) is 0 Å². The highest BCUT2D eigenvalue weighted by Crippen LogP contribution is 2.16. The maximum absolute atomic E-state index is 11.2. The first kappa shape index (κ1) is 19.0. The number of anilines is 2. The van der Waals surface area contributed by atoms with Gasteiger partial charge in [-0.05, 0) is 48.6 Å². The molecule has 0 aliphatic heterocycles. The van der Waals surface area contributed by atoms with Gasteiger partial charge in [0.2, 0.25) is 0 Å². The van der Waals surface area contributed by atoms with Gasteiger partial charge in [0.05, 0.1) is 47.8 Å². The van der Waals surface area contributed by atoms with Crippen molar-refractivity contribution in [3.63, 3.8) is 0 Å². The number of aromatic nitrogens is 2. The molecule has 26 heavy (non-hydrogen) atoms. The van der Waals surface area contributed by atoms with E-state index in [-0.39, 0.29) is 5.97 Å². The highest BCUT2D eigenvalue weighted by Gasteiger charge is 2.06. The number of nitrogen functional groups attached to an aromatic ring is 2. The van der Waals surface area contributed by atoms with Crippen molar-refractivity contribution in [2.24, 2.45) is 0 Å². The van der Waals surface area contributed by atoms with E-state index in [1.54, 1.807) is 30.3 Å². The van der Waals surface area contributed by atoms with Crippen molar-refractivity contribution >= 4 is 46.6 Å². The van der Waals surface area contributed by atoms with Gasteiger partial charge in [-0.3, -0.25) is 0 Å². The highest BCUT2D eigenvalue weighted by molar-refractivity contribution is 7.71. The van der Waals surface area contributed by atoms with Gasteiger partial charge in [-0.25, -0.2) is 9.59 Å². The molecule has 1 aromatic heterocycles. The summed E-state index contributed by atoms with van der Waals surface area (Å²) in [6, 6.07) is 9.80.